The van der Waals surface area contributed by atoms with Crippen molar-refractivity contribution in [3.63, 3.8) is 0 Å². The Bertz CT molecular complexity index is 199. The summed E-state index contributed by atoms with van der Waals surface area (Å²) in [5.74, 6) is 0.0134. The first kappa shape index (κ1) is 8.05. The maximum atomic E-state index is 10.6. The van der Waals surface area contributed by atoms with Crippen LogP contribution < -0.4 is 0 Å². The van der Waals surface area contributed by atoms with Crippen LogP contribution in [0.5, 0.6) is 0 Å². The first-order valence-electron chi connectivity index (χ1n) is 4.63. The van der Waals surface area contributed by atoms with Crippen LogP contribution in [0, 0.1) is 11.8 Å². The molecule has 3 aliphatic rings. The summed E-state index contributed by atoms with van der Waals surface area (Å²) >= 11 is 0. The lowest BCUT2D eigenvalue weighted by atomic mass is 9.86. The number of hydrogen-bond donors (Lipinski definition) is 1. The van der Waals surface area contributed by atoms with Crippen LogP contribution in [-0.4, -0.2) is 35.1 Å². The Hall–Kier alpha value is -0.570. The molecule has 3 rings (SSSR count). The molecule has 3 fully saturated rings. The fraction of sp³-hybridized carbons (Fsp3) is 0.889. The number of hydrogen-bond acceptors (Lipinski definition) is 2. The van der Waals surface area contributed by atoms with Gasteiger partial charge in [0, 0.05) is 19.1 Å². The third-order valence-corrected chi connectivity index (χ3v) is 3.15. The Labute approximate surface area is 72.4 Å². The minimum atomic E-state index is -0.667. The molecule has 2 heterocycles. The van der Waals surface area contributed by atoms with E-state index in [1.807, 2.05) is 0 Å². The van der Waals surface area contributed by atoms with Gasteiger partial charge in [0.05, 0.1) is 5.92 Å². The van der Waals surface area contributed by atoms with E-state index in [9.17, 15) is 4.79 Å². The van der Waals surface area contributed by atoms with E-state index in [1.165, 1.54) is 12.8 Å². The van der Waals surface area contributed by atoms with Crippen molar-refractivity contribution in [2.24, 2.45) is 11.8 Å². The molecule has 1 atom stereocenters. The molecule has 0 amide bonds. The summed E-state index contributed by atoms with van der Waals surface area (Å²) in [5, 5.41) is 8.72. The molecule has 3 heteroatoms. The van der Waals surface area contributed by atoms with Gasteiger partial charge in [-0.1, -0.05) is 6.92 Å². The molecular formula is C9H15NO2. The van der Waals surface area contributed by atoms with Gasteiger partial charge in [0.15, 0.2) is 0 Å². The Morgan fingerprint density at radius 2 is 2.33 bits per heavy atom. The SMILES string of the molecule is CC(CN1CC2CC1C2)C(=O)O. The largest absolute Gasteiger partial charge is 0.481 e. The minimum absolute atomic E-state index is 0.204. The van der Waals surface area contributed by atoms with E-state index in [0.717, 1.165) is 25.0 Å². The molecule has 0 radical (unpaired) electrons. The molecule has 12 heavy (non-hydrogen) atoms. The molecule has 2 bridgehead atoms. The van der Waals surface area contributed by atoms with Crippen LogP contribution in [0.3, 0.4) is 0 Å². The summed E-state index contributed by atoms with van der Waals surface area (Å²) in [6.45, 7) is 3.68. The number of nitrogens with zero attached hydrogens (tertiary/aromatic N) is 1. The predicted molar refractivity (Wildman–Crippen MR) is 44.9 cm³/mol. The maximum Gasteiger partial charge on any atom is 0.307 e. The number of carboxylic acids is 1. The van der Waals surface area contributed by atoms with E-state index in [2.05, 4.69) is 4.90 Å². The van der Waals surface area contributed by atoms with E-state index in [0.29, 0.717) is 0 Å². The van der Waals surface area contributed by atoms with Gasteiger partial charge in [-0.3, -0.25) is 9.69 Å². The van der Waals surface area contributed by atoms with Crippen LogP contribution in [0.2, 0.25) is 0 Å². The summed E-state index contributed by atoms with van der Waals surface area (Å²) in [4.78, 5) is 12.9. The van der Waals surface area contributed by atoms with Gasteiger partial charge < -0.3 is 5.11 Å². The zero-order valence-corrected chi connectivity index (χ0v) is 7.36. The molecule has 0 aromatic rings. The lowest BCUT2D eigenvalue weighted by molar-refractivity contribution is -0.141. The molecule has 68 valence electrons. The number of rotatable bonds is 3. The Balaban J connectivity index is 1.83. The van der Waals surface area contributed by atoms with Gasteiger partial charge >= 0.3 is 5.97 Å². The van der Waals surface area contributed by atoms with Crippen LogP contribution in [-0.2, 0) is 4.79 Å². The van der Waals surface area contributed by atoms with Crippen molar-refractivity contribution in [2.45, 2.75) is 25.8 Å². The standard InChI is InChI=1S/C9H15NO2/c1-6(9(11)12)4-10-5-7-2-8(10)3-7/h6-8H,2-5H2,1H3,(H,11,12). The second-order valence-corrected chi connectivity index (χ2v) is 4.18. The first-order chi connectivity index (χ1) is 5.66. The second kappa shape index (κ2) is 2.73. The number of carbonyl (C=O) groups is 1. The van der Waals surface area contributed by atoms with Gasteiger partial charge in [0.25, 0.3) is 0 Å². The summed E-state index contributed by atoms with van der Waals surface area (Å²) in [5.41, 5.74) is 0. The Kier molecular flexibility index (Phi) is 1.83. The van der Waals surface area contributed by atoms with Crippen LogP contribution in [0.25, 0.3) is 0 Å². The van der Waals surface area contributed by atoms with Crippen LogP contribution in [0.15, 0.2) is 0 Å². The fourth-order valence-electron chi connectivity index (χ4n) is 2.28. The van der Waals surface area contributed by atoms with Crippen molar-refractivity contribution >= 4 is 5.97 Å². The molecule has 1 unspecified atom stereocenters. The second-order valence-electron chi connectivity index (χ2n) is 4.18. The molecule has 0 aromatic heterocycles. The topological polar surface area (TPSA) is 40.5 Å². The van der Waals surface area contributed by atoms with E-state index < -0.39 is 5.97 Å². The predicted octanol–water partition coefficient (Wildman–Crippen LogP) is 0.801. The third-order valence-electron chi connectivity index (χ3n) is 3.15. The van der Waals surface area contributed by atoms with Gasteiger partial charge in [-0.25, -0.2) is 0 Å². The average molecular weight is 169 g/mol. The van der Waals surface area contributed by atoms with Crippen molar-refractivity contribution in [3.8, 4) is 0 Å². The maximum absolute atomic E-state index is 10.6. The fourth-order valence-corrected chi connectivity index (χ4v) is 2.28. The molecule has 0 aromatic carbocycles. The van der Waals surface area contributed by atoms with Crippen LogP contribution in [0.4, 0.5) is 0 Å². The van der Waals surface area contributed by atoms with Crippen molar-refractivity contribution < 1.29 is 9.90 Å². The molecule has 2 aliphatic heterocycles. The summed E-state index contributed by atoms with van der Waals surface area (Å²) in [6, 6.07) is 0.719. The monoisotopic (exact) mass is 169 g/mol. The van der Waals surface area contributed by atoms with Gasteiger partial charge in [-0.2, -0.15) is 0 Å². The van der Waals surface area contributed by atoms with E-state index in [-0.39, 0.29) is 5.92 Å². The highest BCUT2D eigenvalue weighted by molar-refractivity contribution is 5.69. The van der Waals surface area contributed by atoms with Crippen molar-refractivity contribution in [3.05, 3.63) is 0 Å². The summed E-state index contributed by atoms with van der Waals surface area (Å²) in [7, 11) is 0. The molecular weight excluding hydrogens is 154 g/mol. The van der Waals surface area contributed by atoms with E-state index >= 15 is 0 Å². The molecule has 0 spiro atoms. The van der Waals surface area contributed by atoms with E-state index in [4.69, 9.17) is 5.11 Å². The molecule has 1 aliphatic carbocycles. The van der Waals surface area contributed by atoms with Crippen LogP contribution in [0.1, 0.15) is 19.8 Å². The average Bonchev–Trinajstić information content (AvgIpc) is 2.42. The van der Waals surface area contributed by atoms with Crippen molar-refractivity contribution in [1.29, 1.82) is 0 Å². The third kappa shape index (κ3) is 1.22. The number of fused-ring (bicyclic) bond motifs is 1. The lowest BCUT2D eigenvalue weighted by Crippen LogP contribution is -2.34. The zero-order valence-electron chi connectivity index (χ0n) is 7.36. The zero-order chi connectivity index (χ0) is 8.72. The highest BCUT2D eigenvalue weighted by atomic mass is 16.4. The smallest absolute Gasteiger partial charge is 0.307 e. The number of aliphatic carboxylic acids is 1. The van der Waals surface area contributed by atoms with Crippen LogP contribution >= 0.6 is 0 Å². The van der Waals surface area contributed by atoms with Crippen molar-refractivity contribution in [2.75, 3.05) is 13.1 Å². The molecule has 3 nitrogen and oxygen atoms in total. The lowest BCUT2D eigenvalue weighted by Gasteiger charge is -2.26. The summed E-state index contributed by atoms with van der Waals surface area (Å²) in [6.07, 6.45) is 2.62. The van der Waals surface area contributed by atoms with Gasteiger partial charge in [-0.15, -0.1) is 0 Å². The highest BCUT2D eigenvalue weighted by Gasteiger charge is 2.42. The van der Waals surface area contributed by atoms with Crippen molar-refractivity contribution in [1.82, 2.24) is 4.90 Å². The molecule has 1 N–H and O–H groups in total. The number of carboxylic acid groups (broad SMARTS) is 1. The normalized spacial score (nSPS) is 36.1. The quantitative estimate of drug-likeness (QED) is 0.679. The van der Waals surface area contributed by atoms with E-state index in [1.54, 1.807) is 6.92 Å². The van der Waals surface area contributed by atoms with Gasteiger partial charge in [0.1, 0.15) is 0 Å². The van der Waals surface area contributed by atoms with Gasteiger partial charge in [0.2, 0.25) is 0 Å². The molecule has 1 saturated carbocycles. The minimum Gasteiger partial charge on any atom is -0.481 e. The van der Waals surface area contributed by atoms with Gasteiger partial charge in [-0.05, 0) is 18.8 Å². The summed E-state index contributed by atoms with van der Waals surface area (Å²) < 4.78 is 0. The highest BCUT2D eigenvalue weighted by Crippen LogP contribution is 2.40. The molecule has 2 saturated heterocycles. The Morgan fingerprint density at radius 1 is 1.67 bits per heavy atom. The first-order valence-corrected chi connectivity index (χ1v) is 4.63. The Morgan fingerprint density at radius 3 is 2.75 bits per heavy atom.